The largest absolute Gasteiger partial charge is 0.339 e. The fourth-order valence-corrected chi connectivity index (χ4v) is 3.28. The Kier molecular flexibility index (Phi) is 4.96. The molecule has 2 N–H and O–H groups in total. The zero-order valence-corrected chi connectivity index (χ0v) is 14.9. The van der Waals surface area contributed by atoms with Crippen molar-refractivity contribution in [1.82, 2.24) is 25.2 Å². The van der Waals surface area contributed by atoms with Crippen LogP contribution in [-0.2, 0) is 13.1 Å². The van der Waals surface area contributed by atoms with E-state index in [4.69, 9.17) is 26.4 Å². The Morgan fingerprint density at radius 2 is 2.00 bits per heavy atom. The smallest absolute Gasteiger partial charge is 0.240 e. The molecule has 2 aromatic heterocycles. The molecule has 0 amide bonds. The summed E-state index contributed by atoms with van der Waals surface area (Å²) in [5.41, 5.74) is 6.40. The molecule has 9 heteroatoms. The van der Waals surface area contributed by atoms with Crippen LogP contribution < -0.4 is 5.73 Å². The van der Waals surface area contributed by atoms with Crippen LogP contribution in [0.1, 0.15) is 36.4 Å². The highest BCUT2D eigenvalue weighted by molar-refractivity contribution is 6.30. The van der Waals surface area contributed by atoms with Gasteiger partial charge in [0.15, 0.2) is 5.82 Å². The van der Waals surface area contributed by atoms with Gasteiger partial charge >= 0.3 is 0 Å². The van der Waals surface area contributed by atoms with Gasteiger partial charge in [0.2, 0.25) is 17.6 Å². The average molecular weight is 375 g/mol. The molecule has 3 aromatic rings. The molecule has 3 heterocycles. The molecule has 1 aliphatic heterocycles. The first-order valence-corrected chi connectivity index (χ1v) is 8.92. The number of nitrogens with zero attached hydrogens (tertiary/aromatic N) is 5. The Hall–Kier alpha value is -2.29. The first-order valence-electron chi connectivity index (χ1n) is 8.54. The summed E-state index contributed by atoms with van der Waals surface area (Å²) in [6.07, 6.45) is 2.06. The van der Waals surface area contributed by atoms with Gasteiger partial charge in [0.25, 0.3) is 0 Å². The Bertz CT molecular complexity index is 862. The molecular formula is C17H19ClN6O2. The van der Waals surface area contributed by atoms with Gasteiger partial charge in [-0.15, -0.1) is 0 Å². The summed E-state index contributed by atoms with van der Waals surface area (Å²) in [4.78, 5) is 11.1. The molecule has 0 radical (unpaired) electrons. The molecule has 4 rings (SSSR count). The van der Waals surface area contributed by atoms with Gasteiger partial charge in [0.05, 0.1) is 19.0 Å². The lowest BCUT2D eigenvalue weighted by Crippen LogP contribution is -2.34. The summed E-state index contributed by atoms with van der Waals surface area (Å²) in [7, 11) is 0. The maximum atomic E-state index is 5.93. The van der Waals surface area contributed by atoms with Crippen LogP contribution in [0.2, 0.25) is 5.02 Å². The summed E-state index contributed by atoms with van der Waals surface area (Å²) in [5.74, 6) is 2.55. The van der Waals surface area contributed by atoms with Crippen molar-refractivity contribution in [3.63, 3.8) is 0 Å². The molecule has 1 aromatic carbocycles. The van der Waals surface area contributed by atoms with Gasteiger partial charge in [0.1, 0.15) is 0 Å². The molecule has 0 saturated carbocycles. The highest BCUT2D eigenvalue weighted by Crippen LogP contribution is 2.28. The monoisotopic (exact) mass is 374 g/mol. The number of nitrogens with two attached hydrogens (primary N) is 1. The third-order valence-electron chi connectivity index (χ3n) is 4.45. The maximum Gasteiger partial charge on any atom is 0.240 e. The molecule has 26 heavy (non-hydrogen) atoms. The quantitative estimate of drug-likeness (QED) is 0.726. The average Bonchev–Trinajstić information content (AvgIpc) is 3.32. The molecule has 1 aliphatic rings. The van der Waals surface area contributed by atoms with Crippen LogP contribution in [0.4, 0.5) is 0 Å². The molecule has 136 valence electrons. The van der Waals surface area contributed by atoms with E-state index in [1.165, 1.54) is 0 Å². The number of hydrogen-bond acceptors (Lipinski definition) is 8. The number of likely N-dealkylation sites (tertiary alicyclic amines) is 1. The minimum atomic E-state index is 0.193. The van der Waals surface area contributed by atoms with E-state index in [1.54, 1.807) is 0 Å². The standard InChI is InChI=1S/C17H19ClN6O2/c18-13-5-3-11(4-6-13)16-21-17(26-23-16)12-2-1-7-24(9-12)10-14-20-15(8-19)25-22-14/h3-6,12H,1-2,7-10,19H2. The number of benzene rings is 1. The van der Waals surface area contributed by atoms with Crippen molar-refractivity contribution in [2.45, 2.75) is 31.8 Å². The van der Waals surface area contributed by atoms with Crippen LogP contribution in [0.15, 0.2) is 33.3 Å². The second-order valence-electron chi connectivity index (χ2n) is 6.35. The van der Waals surface area contributed by atoms with E-state index < -0.39 is 0 Å². The van der Waals surface area contributed by atoms with Crippen molar-refractivity contribution >= 4 is 11.6 Å². The second kappa shape index (κ2) is 7.53. The van der Waals surface area contributed by atoms with E-state index in [1.807, 2.05) is 24.3 Å². The summed E-state index contributed by atoms with van der Waals surface area (Å²) in [5, 5.41) is 8.75. The molecule has 0 aliphatic carbocycles. The fourth-order valence-electron chi connectivity index (χ4n) is 3.16. The minimum Gasteiger partial charge on any atom is -0.339 e. The van der Waals surface area contributed by atoms with Gasteiger partial charge in [-0.05, 0) is 43.7 Å². The Morgan fingerprint density at radius 1 is 1.15 bits per heavy atom. The minimum absolute atomic E-state index is 0.193. The Labute approximate surface area is 155 Å². The van der Waals surface area contributed by atoms with Gasteiger partial charge in [0, 0.05) is 17.1 Å². The maximum absolute atomic E-state index is 5.93. The van der Waals surface area contributed by atoms with Crippen LogP contribution in [-0.4, -0.2) is 38.3 Å². The van der Waals surface area contributed by atoms with Gasteiger partial charge in [-0.25, -0.2) is 0 Å². The van der Waals surface area contributed by atoms with E-state index in [0.29, 0.717) is 35.0 Å². The molecule has 1 saturated heterocycles. The Balaban J connectivity index is 1.43. The van der Waals surface area contributed by atoms with Gasteiger partial charge < -0.3 is 14.8 Å². The van der Waals surface area contributed by atoms with E-state index >= 15 is 0 Å². The highest BCUT2D eigenvalue weighted by atomic mass is 35.5. The predicted molar refractivity (Wildman–Crippen MR) is 94.2 cm³/mol. The normalized spacial score (nSPS) is 18.3. The van der Waals surface area contributed by atoms with E-state index in [0.717, 1.165) is 31.5 Å². The SMILES string of the molecule is NCc1nc(CN2CCCC(c3nc(-c4ccc(Cl)cc4)no3)C2)no1. The van der Waals surface area contributed by atoms with Crippen LogP contribution >= 0.6 is 11.6 Å². The van der Waals surface area contributed by atoms with Crippen molar-refractivity contribution in [3.05, 3.63) is 46.9 Å². The second-order valence-corrected chi connectivity index (χ2v) is 6.78. The van der Waals surface area contributed by atoms with Crippen LogP contribution in [0.5, 0.6) is 0 Å². The summed E-state index contributed by atoms with van der Waals surface area (Å²) in [6, 6.07) is 7.40. The van der Waals surface area contributed by atoms with Crippen molar-refractivity contribution in [2.24, 2.45) is 5.73 Å². The van der Waals surface area contributed by atoms with Gasteiger partial charge in [-0.1, -0.05) is 21.9 Å². The molecule has 1 unspecified atom stereocenters. The van der Waals surface area contributed by atoms with Crippen molar-refractivity contribution in [2.75, 3.05) is 13.1 Å². The first kappa shape index (κ1) is 17.1. The van der Waals surface area contributed by atoms with Crippen molar-refractivity contribution < 1.29 is 9.05 Å². The molecule has 1 fully saturated rings. The zero-order chi connectivity index (χ0) is 17.9. The number of halogens is 1. The Morgan fingerprint density at radius 3 is 2.77 bits per heavy atom. The summed E-state index contributed by atoms with van der Waals surface area (Å²) in [6.45, 7) is 2.67. The lowest BCUT2D eigenvalue weighted by atomic mass is 9.98. The topological polar surface area (TPSA) is 107 Å². The zero-order valence-electron chi connectivity index (χ0n) is 14.1. The van der Waals surface area contributed by atoms with E-state index in [-0.39, 0.29) is 12.5 Å². The molecule has 8 nitrogen and oxygen atoms in total. The number of aromatic nitrogens is 4. The molecule has 0 spiro atoms. The third-order valence-corrected chi connectivity index (χ3v) is 4.70. The predicted octanol–water partition coefficient (Wildman–Crippen LogP) is 2.61. The number of hydrogen-bond donors (Lipinski definition) is 1. The highest BCUT2D eigenvalue weighted by Gasteiger charge is 2.27. The third kappa shape index (κ3) is 3.77. The summed E-state index contributed by atoms with van der Waals surface area (Å²) >= 11 is 5.93. The van der Waals surface area contributed by atoms with Crippen LogP contribution in [0, 0.1) is 0 Å². The van der Waals surface area contributed by atoms with Crippen molar-refractivity contribution in [3.8, 4) is 11.4 Å². The number of rotatable bonds is 5. The van der Waals surface area contributed by atoms with Crippen LogP contribution in [0.25, 0.3) is 11.4 Å². The van der Waals surface area contributed by atoms with E-state index in [9.17, 15) is 0 Å². The van der Waals surface area contributed by atoms with Crippen molar-refractivity contribution in [1.29, 1.82) is 0 Å². The first-order chi connectivity index (χ1) is 12.7. The van der Waals surface area contributed by atoms with Gasteiger partial charge in [-0.2, -0.15) is 9.97 Å². The number of piperidine rings is 1. The lowest BCUT2D eigenvalue weighted by molar-refractivity contribution is 0.175. The molecular weight excluding hydrogens is 356 g/mol. The van der Waals surface area contributed by atoms with Gasteiger partial charge in [-0.3, -0.25) is 4.90 Å². The molecule has 1 atom stereocenters. The fraction of sp³-hybridized carbons (Fsp3) is 0.412. The summed E-state index contributed by atoms with van der Waals surface area (Å²) < 4.78 is 10.6. The molecule has 0 bridgehead atoms. The van der Waals surface area contributed by atoms with E-state index in [2.05, 4.69) is 25.2 Å². The van der Waals surface area contributed by atoms with Crippen LogP contribution in [0.3, 0.4) is 0 Å². The lowest BCUT2D eigenvalue weighted by Gasteiger charge is -2.29.